The van der Waals surface area contributed by atoms with Crippen LogP contribution in [0, 0.1) is 5.92 Å². The molecular weight excluding hydrogens is 352 g/mol. The number of aliphatic hydroxyl groups is 2. The zero-order chi connectivity index (χ0) is 20.1. The van der Waals surface area contributed by atoms with Gasteiger partial charge in [0.2, 0.25) is 0 Å². The van der Waals surface area contributed by atoms with Gasteiger partial charge in [-0.05, 0) is 39.3 Å². The van der Waals surface area contributed by atoms with Crippen LogP contribution in [0.15, 0.2) is 35.5 Å². The Morgan fingerprint density at radius 2 is 2.15 bits per heavy atom. The topological polar surface area (TPSA) is 106 Å². The van der Waals surface area contributed by atoms with Gasteiger partial charge in [0.15, 0.2) is 0 Å². The van der Waals surface area contributed by atoms with Gasteiger partial charge in [0.25, 0.3) is 0 Å². The Balaban J connectivity index is 2.01. The van der Waals surface area contributed by atoms with Crippen LogP contribution in [-0.4, -0.2) is 58.3 Å². The summed E-state index contributed by atoms with van der Waals surface area (Å²) in [4.78, 5) is 24.5. The van der Waals surface area contributed by atoms with Gasteiger partial charge in [-0.2, -0.15) is 0 Å². The smallest absolute Gasteiger partial charge is 0.334 e. The third-order valence-electron chi connectivity index (χ3n) is 5.63. The van der Waals surface area contributed by atoms with E-state index in [0.29, 0.717) is 11.1 Å². The van der Waals surface area contributed by atoms with Crippen LogP contribution in [-0.2, 0) is 23.8 Å². The van der Waals surface area contributed by atoms with Gasteiger partial charge in [0, 0.05) is 17.6 Å². The number of hydrogen-bond acceptors (Lipinski definition) is 7. The van der Waals surface area contributed by atoms with Crippen LogP contribution >= 0.6 is 0 Å². The SMILES string of the molecule is C=C1C(=O)O[C@@H]2/C=C(/C)C(O)[C@H]3O[C@@H]3[C@](C)(O)CC(OC(=O)/C(C)=C\C)[C@@H]12. The third-order valence-corrected chi connectivity index (χ3v) is 5.63. The second-order valence-corrected chi connectivity index (χ2v) is 7.77. The van der Waals surface area contributed by atoms with E-state index in [4.69, 9.17) is 14.2 Å². The molecule has 0 amide bonds. The maximum absolute atomic E-state index is 12.4. The van der Waals surface area contributed by atoms with Crippen LogP contribution in [0.2, 0.25) is 0 Å². The number of epoxide rings is 1. The van der Waals surface area contributed by atoms with Crippen LogP contribution in [0.25, 0.3) is 0 Å². The number of esters is 2. The summed E-state index contributed by atoms with van der Waals surface area (Å²) in [6, 6.07) is 0. The fourth-order valence-electron chi connectivity index (χ4n) is 3.78. The fourth-order valence-corrected chi connectivity index (χ4v) is 3.78. The Hall–Kier alpha value is -1.96. The Kier molecular flexibility index (Phi) is 5.05. The van der Waals surface area contributed by atoms with Crippen molar-refractivity contribution in [3.8, 4) is 0 Å². The molecule has 0 aromatic rings. The normalized spacial score (nSPS) is 43.8. The molecule has 1 aliphatic carbocycles. The molecule has 7 heteroatoms. The zero-order valence-corrected chi connectivity index (χ0v) is 16.0. The lowest BCUT2D eigenvalue weighted by Gasteiger charge is -2.33. The molecule has 2 aliphatic heterocycles. The highest BCUT2D eigenvalue weighted by molar-refractivity contribution is 5.92. The number of allylic oxidation sites excluding steroid dienone is 1. The van der Waals surface area contributed by atoms with Gasteiger partial charge in [-0.3, -0.25) is 0 Å². The molecule has 7 nitrogen and oxygen atoms in total. The van der Waals surface area contributed by atoms with Gasteiger partial charge < -0.3 is 24.4 Å². The first-order valence-corrected chi connectivity index (χ1v) is 9.04. The molecule has 2 fully saturated rings. The molecule has 2 heterocycles. The number of fused-ring (bicyclic) bond motifs is 2. The highest BCUT2D eigenvalue weighted by Gasteiger charge is 2.58. The lowest BCUT2D eigenvalue weighted by molar-refractivity contribution is -0.151. The quantitative estimate of drug-likeness (QED) is 0.322. The highest BCUT2D eigenvalue weighted by atomic mass is 16.6. The average Bonchev–Trinajstić information content (AvgIpc) is 3.35. The lowest BCUT2D eigenvalue weighted by atomic mass is 9.80. The van der Waals surface area contributed by atoms with Crippen molar-refractivity contribution >= 4 is 11.9 Å². The van der Waals surface area contributed by atoms with E-state index in [1.54, 1.807) is 39.8 Å². The van der Waals surface area contributed by atoms with Crippen molar-refractivity contribution in [1.29, 1.82) is 0 Å². The second-order valence-electron chi connectivity index (χ2n) is 7.77. The predicted octanol–water partition coefficient (Wildman–Crippen LogP) is 1.19. The molecule has 0 spiro atoms. The van der Waals surface area contributed by atoms with Crippen molar-refractivity contribution in [2.75, 3.05) is 0 Å². The monoisotopic (exact) mass is 378 g/mol. The van der Waals surface area contributed by atoms with Crippen molar-refractivity contribution in [3.63, 3.8) is 0 Å². The molecular formula is C20H26O7. The summed E-state index contributed by atoms with van der Waals surface area (Å²) < 4.78 is 16.6. The van der Waals surface area contributed by atoms with Gasteiger partial charge in [-0.15, -0.1) is 0 Å². The van der Waals surface area contributed by atoms with Crippen LogP contribution in [0.1, 0.15) is 34.1 Å². The first-order chi connectivity index (χ1) is 12.6. The van der Waals surface area contributed by atoms with E-state index in [1.807, 2.05) is 0 Å². The summed E-state index contributed by atoms with van der Waals surface area (Å²) >= 11 is 0. The maximum atomic E-state index is 12.4. The van der Waals surface area contributed by atoms with Crippen LogP contribution in [0.4, 0.5) is 0 Å². The molecule has 148 valence electrons. The number of ether oxygens (including phenoxy) is 3. The standard InChI is InChI=1S/C20H26O7/c1-6-9(2)18(22)26-13-8-20(5,24)17-16(27-17)15(21)10(3)7-12-14(13)11(4)19(23)25-12/h6-7,12-17,21,24H,4,8H2,1-3,5H3/b9-6-,10-7-/t12-,13?,14+,15?,16-,17+,20-/m1/s1. The molecule has 2 N–H and O–H groups in total. The van der Waals surface area contributed by atoms with Crippen molar-refractivity contribution in [1.82, 2.24) is 0 Å². The molecule has 0 saturated carbocycles. The lowest BCUT2D eigenvalue weighted by Crippen LogP contribution is -2.45. The van der Waals surface area contributed by atoms with E-state index < -0.39 is 54.0 Å². The highest BCUT2D eigenvalue weighted by Crippen LogP contribution is 2.44. The summed E-state index contributed by atoms with van der Waals surface area (Å²) in [7, 11) is 0. The van der Waals surface area contributed by atoms with Gasteiger partial charge in [-0.1, -0.05) is 12.7 Å². The second kappa shape index (κ2) is 6.89. The average molecular weight is 378 g/mol. The number of rotatable bonds is 2. The molecule has 27 heavy (non-hydrogen) atoms. The Morgan fingerprint density at radius 1 is 1.48 bits per heavy atom. The van der Waals surface area contributed by atoms with Crippen LogP contribution < -0.4 is 0 Å². The number of carbonyl (C=O) groups excluding carboxylic acids is 2. The van der Waals surface area contributed by atoms with E-state index in [-0.39, 0.29) is 12.0 Å². The third kappa shape index (κ3) is 3.59. The summed E-state index contributed by atoms with van der Waals surface area (Å²) in [6.45, 7) is 10.4. The maximum Gasteiger partial charge on any atom is 0.334 e. The van der Waals surface area contributed by atoms with Crippen molar-refractivity contribution in [2.45, 2.75) is 70.2 Å². The molecule has 7 atom stereocenters. The molecule has 2 unspecified atom stereocenters. The molecule has 0 aromatic carbocycles. The van der Waals surface area contributed by atoms with Gasteiger partial charge in [-0.25, -0.2) is 9.59 Å². The zero-order valence-electron chi connectivity index (χ0n) is 16.0. The molecule has 3 aliphatic rings. The first kappa shape index (κ1) is 19.8. The van der Waals surface area contributed by atoms with E-state index in [0.717, 1.165) is 0 Å². The molecule has 0 aromatic heterocycles. The van der Waals surface area contributed by atoms with Crippen LogP contribution in [0.5, 0.6) is 0 Å². The predicted molar refractivity (Wildman–Crippen MR) is 95.5 cm³/mol. The first-order valence-electron chi connectivity index (χ1n) is 9.04. The van der Waals surface area contributed by atoms with Crippen molar-refractivity contribution < 1.29 is 34.0 Å². The van der Waals surface area contributed by atoms with Gasteiger partial charge >= 0.3 is 11.9 Å². The number of aliphatic hydroxyl groups excluding tert-OH is 1. The summed E-state index contributed by atoms with van der Waals surface area (Å²) in [5.41, 5.74) is -0.206. The molecule has 3 rings (SSSR count). The fraction of sp³-hybridized carbons (Fsp3) is 0.600. The summed E-state index contributed by atoms with van der Waals surface area (Å²) in [5, 5.41) is 21.4. The molecule has 0 radical (unpaired) electrons. The van der Waals surface area contributed by atoms with Crippen LogP contribution in [0.3, 0.4) is 0 Å². The minimum atomic E-state index is -1.37. The van der Waals surface area contributed by atoms with E-state index >= 15 is 0 Å². The van der Waals surface area contributed by atoms with Crippen molar-refractivity contribution in [3.05, 3.63) is 35.5 Å². The number of carbonyl (C=O) groups is 2. The largest absolute Gasteiger partial charge is 0.458 e. The number of hydrogen-bond donors (Lipinski definition) is 2. The minimum Gasteiger partial charge on any atom is -0.458 e. The van der Waals surface area contributed by atoms with Crippen molar-refractivity contribution in [2.24, 2.45) is 5.92 Å². The van der Waals surface area contributed by atoms with E-state index in [1.165, 1.54) is 0 Å². The Morgan fingerprint density at radius 3 is 2.78 bits per heavy atom. The van der Waals surface area contributed by atoms with Gasteiger partial charge in [0.1, 0.15) is 30.5 Å². The minimum absolute atomic E-state index is 0.0212. The summed E-state index contributed by atoms with van der Waals surface area (Å²) in [5.74, 6) is -1.77. The Labute approximate surface area is 158 Å². The Bertz CT molecular complexity index is 733. The van der Waals surface area contributed by atoms with E-state index in [9.17, 15) is 19.8 Å². The van der Waals surface area contributed by atoms with Gasteiger partial charge in [0.05, 0.1) is 11.5 Å². The molecule has 0 bridgehead atoms. The molecule has 2 saturated heterocycles. The summed E-state index contributed by atoms with van der Waals surface area (Å²) in [6.07, 6.45) is -0.349. The van der Waals surface area contributed by atoms with E-state index in [2.05, 4.69) is 6.58 Å².